The third-order valence-corrected chi connectivity index (χ3v) is 5.27. The topological polar surface area (TPSA) is 125 Å². The number of carbonyl (C=O) groups excluding carboxylic acids is 2. The van der Waals surface area contributed by atoms with Crippen molar-refractivity contribution < 1.29 is 36.1 Å². The van der Waals surface area contributed by atoms with Gasteiger partial charge in [-0.3, -0.25) is 10.1 Å². The van der Waals surface area contributed by atoms with Crippen LogP contribution in [0.15, 0.2) is 48.5 Å². The number of halogens is 3. The first kappa shape index (κ1) is 23.0. The molecule has 0 aliphatic rings. The van der Waals surface area contributed by atoms with Crippen LogP contribution in [0.1, 0.15) is 15.9 Å². The Morgan fingerprint density at radius 3 is 2.38 bits per heavy atom. The summed E-state index contributed by atoms with van der Waals surface area (Å²) in [5, 5.41) is -0.455. The number of benzene rings is 2. The van der Waals surface area contributed by atoms with E-state index in [-0.39, 0.29) is 12.2 Å². The van der Waals surface area contributed by atoms with Crippen LogP contribution in [0.5, 0.6) is 0 Å². The summed E-state index contributed by atoms with van der Waals surface area (Å²) in [6.07, 6.45) is -0.732. The van der Waals surface area contributed by atoms with Crippen LogP contribution in [-0.4, -0.2) is 36.8 Å². The van der Waals surface area contributed by atoms with Crippen molar-refractivity contribution >= 4 is 50.4 Å². The van der Waals surface area contributed by atoms with E-state index in [1.165, 1.54) is 18.2 Å². The number of rotatable bonds is 7. The fraction of sp³-hybridized carbons (Fsp3) is 0.176. The number of carbonyl (C=O) groups is 2. The quantitative estimate of drug-likeness (QED) is 0.412. The summed E-state index contributed by atoms with van der Waals surface area (Å²) in [6.45, 7) is -1.60. The molecule has 2 aromatic carbocycles. The third-order valence-electron chi connectivity index (χ3n) is 3.50. The molecule has 0 saturated heterocycles. The van der Waals surface area contributed by atoms with E-state index in [1.807, 2.05) is 6.07 Å². The maximum Gasteiger partial charge on any atom is 0.411 e. The van der Waals surface area contributed by atoms with Crippen LogP contribution in [0.2, 0.25) is 0 Å². The Morgan fingerprint density at radius 2 is 1.79 bits per heavy atom. The highest BCUT2D eigenvalue weighted by Gasteiger charge is 2.37. The van der Waals surface area contributed by atoms with Gasteiger partial charge in [-0.1, -0.05) is 30.3 Å². The van der Waals surface area contributed by atoms with Crippen LogP contribution in [0, 0.1) is 3.57 Å². The molecule has 29 heavy (non-hydrogen) atoms. The molecule has 0 aliphatic heterocycles. The van der Waals surface area contributed by atoms with Crippen LogP contribution in [0.25, 0.3) is 0 Å². The van der Waals surface area contributed by atoms with Crippen molar-refractivity contribution in [2.24, 2.45) is 0 Å². The number of alkyl halides is 2. The van der Waals surface area contributed by atoms with Crippen molar-refractivity contribution in [3.8, 4) is 0 Å². The maximum atomic E-state index is 13.1. The molecular weight excluding hydrogens is 525 g/mol. The predicted molar refractivity (Wildman–Crippen MR) is 106 cm³/mol. The van der Waals surface area contributed by atoms with E-state index < -0.39 is 33.9 Å². The lowest BCUT2D eigenvalue weighted by Gasteiger charge is -2.20. The van der Waals surface area contributed by atoms with E-state index in [0.717, 1.165) is 5.56 Å². The zero-order valence-electron chi connectivity index (χ0n) is 14.5. The maximum absolute atomic E-state index is 13.1. The summed E-state index contributed by atoms with van der Waals surface area (Å²) < 4.78 is 63.0. The highest BCUT2D eigenvalue weighted by molar-refractivity contribution is 14.1. The van der Waals surface area contributed by atoms with Gasteiger partial charge in [0.15, 0.2) is 10.1 Å². The van der Waals surface area contributed by atoms with Gasteiger partial charge in [0.2, 0.25) is 0 Å². The summed E-state index contributed by atoms with van der Waals surface area (Å²) in [5.74, 6) is -1.01. The van der Waals surface area contributed by atoms with Gasteiger partial charge in [0.05, 0.1) is 12.2 Å². The van der Waals surface area contributed by atoms with Crippen LogP contribution in [-0.2, 0) is 21.5 Å². The molecule has 0 atom stereocenters. The van der Waals surface area contributed by atoms with Gasteiger partial charge >= 0.3 is 11.3 Å². The minimum absolute atomic E-state index is 0.0561. The van der Waals surface area contributed by atoms with Crippen molar-refractivity contribution in [3.05, 3.63) is 63.2 Å². The molecule has 8 nitrogen and oxygen atoms in total. The molecule has 0 bridgehead atoms. The third kappa shape index (κ3) is 6.61. The Balaban J connectivity index is 1.95. The van der Waals surface area contributed by atoms with Crippen molar-refractivity contribution in [3.63, 3.8) is 0 Å². The molecule has 2 N–H and O–H groups in total. The minimum Gasteiger partial charge on any atom is -0.743 e. The van der Waals surface area contributed by atoms with Crippen LogP contribution < -0.4 is 10.6 Å². The zero-order chi connectivity index (χ0) is 21.7. The molecule has 12 heteroatoms. The van der Waals surface area contributed by atoms with Gasteiger partial charge < -0.3 is 14.6 Å². The molecule has 0 aliphatic carbocycles. The summed E-state index contributed by atoms with van der Waals surface area (Å²) in [5.41, 5.74) is 1.03. The van der Waals surface area contributed by atoms with Crippen LogP contribution in [0.4, 0.5) is 19.3 Å². The number of nitrogens with one attached hydrogen (secondary N) is 2. The Hall–Kier alpha value is -2.32. The van der Waals surface area contributed by atoms with Crippen LogP contribution in [0.3, 0.4) is 0 Å². The molecular formula is C17H14F2IN2O6S-. The Labute approximate surface area is 178 Å². The van der Waals surface area contributed by atoms with E-state index in [9.17, 15) is 31.3 Å². The fourth-order valence-corrected chi connectivity index (χ4v) is 2.90. The van der Waals surface area contributed by atoms with Gasteiger partial charge in [-0.15, -0.1) is 0 Å². The SMILES string of the molecule is O=C(Nc1ccc(C(=O)NCC(F)(F)S(=O)(=O)[O-])cc1I)OCc1ccccc1. The smallest absolute Gasteiger partial charge is 0.411 e. The molecule has 0 saturated carbocycles. The normalized spacial score (nSPS) is 11.6. The minimum atomic E-state index is -5.90. The molecule has 0 heterocycles. The van der Waals surface area contributed by atoms with Crippen molar-refractivity contribution in [1.82, 2.24) is 5.32 Å². The first-order valence-electron chi connectivity index (χ1n) is 7.88. The second-order valence-corrected chi connectivity index (χ2v) is 8.32. The summed E-state index contributed by atoms with van der Waals surface area (Å²) in [6, 6.07) is 12.9. The van der Waals surface area contributed by atoms with Crippen molar-refractivity contribution in [1.29, 1.82) is 0 Å². The molecule has 0 radical (unpaired) electrons. The van der Waals surface area contributed by atoms with Crippen molar-refractivity contribution in [2.75, 3.05) is 11.9 Å². The molecule has 2 amide bonds. The standard InChI is InChI=1S/C17H15F2IN2O6S/c18-17(19,29(25,26)27)10-21-15(23)12-6-7-14(13(20)8-12)22-16(24)28-9-11-4-2-1-3-5-11/h1-8H,9-10H2,(H,21,23)(H,22,24)(H,25,26,27)/p-1. The number of amides is 2. The number of hydrogen-bond acceptors (Lipinski definition) is 6. The Morgan fingerprint density at radius 1 is 1.14 bits per heavy atom. The van der Waals surface area contributed by atoms with E-state index in [4.69, 9.17) is 4.74 Å². The monoisotopic (exact) mass is 539 g/mol. The van der Waals surface area contributed by atoms with E-state index in [1.54, 1.807) is 52.2 Å². The molecule has 2 aromatic rings. The van der Waals surface area contributed by atoms with E-state index in [2.05, 4.69) is 5.32 Å². The second-order valence-electron chi connectivity index (χ2n) is 5.66. The summed E-state index contributed by atoms with van der Waals surface area (Å²) in [7, 11) is -5.90. The second kappa shape index (κ2) is 9.45. The average molecular weight is 539 g/mol. The first-order valence-corrected chi connectivity index (χ1v) is 10.4. The van der Waals surface area contributed by atoms with E-state index in [0.29, 0.717) is 9.26 Å². The van der Waals surface area contributed by atoms with Gasteiger partial charge in [-0.2, -0.15) is 8.78 Å². The van der Waals surface area contributed by atoms with Crippen molar-refractivity contribution in [2.45, 2.75) is 11.9 Å². The lowest BCUT2D eigenvalue weighted by molar-refractivity contribution is 0.0692. The number of hydrogen-bond donors (Lipinski definition) is 2. The highest BCUT2D eigenvalue weighted by Crippen LogP contribution is 2.22. The molecule has 2 rings (SSSR count). The number of ether oxygens (including phenoxy) is 1. The van der Waals surface area contributed by atoms with E-state index >= 15 is 0 Å². The largest absolute Gasteiger partial charge is 0.743 e. The van der Waals surface area contributed by atoms with Gasteiger partial charge in [-0.25, -0.2) is 13.2 Å². The number of anilines is 1. The summed E-state index contributed by atoms with van der Waals surface area (Å²) in [4.78, 5) is 23.8. The van der Waals surface area contributed by atoms with Gasteiger partial charge in [0, 0.05) is 9.13 Å². The molecule has 156 valence electrons. The molecule has 0 unspecified atom stereocenters. The Bertz CT molecular complexity index is 1000. The Kier molecular flexibility index (Phi) is 7.48. The first-order chi connectivity index (χ1) is 13.5. The summed E-state index contributed by atoms with van der Waals surface area (Å²) >= 11 is 1.81. The average Bonchev–Trinajstić information content (AvgIpc) is 2.66. The van der Waals surface area contributed by atoms with Crippen LogP contribution >= 0.6 is 22.6 Å². The van der Waals surface area contributed by atoms with Gasteiger partial charge in [0.25, 0.3) is 5.91 Å². The lowest BCUT2D eigenvalue weighted by Crippen LogP contribution is -2.42. The predicted octanol–water partition coefficient (Wildman–Crippen LogP) is 2.91. The van der Waals surface area contributed by atoms with Gasteiger partial charge in [0.1, 0.15) is 6.61 Å². The zero-order valence-corrected chi connectivity index (χ0v) is 17.5. The molecule has 0 aromatic heterocycles. The fourth-order valence-electron chi connectivity index (χ4n) is 2.00. The lowest BCUT2D eigenvalue weighted by atomic mass is 10.2. The molecule has 0 fully saturated rings. The van der Waals surface area contributed by atoms with Gasteiger partial charge in [-0.05, 0) is 46.4 Å². The highest BCUT2D eigenvalue weighted by atomic mass is 127. The molecule has 0 spiro atoms.